The van der Waals surface area contributed by atoms with Gasteiger partial charge in [0.2, 0.25) is 0 Å². The van der Waals surface area contributed by atoms with Gasteiger partial charge in [0.15, 0.2) is 0 Å². The number of piperidine rings is 1. The highest BCUT2D eigenvalue weighted by molar-refractivity contribution is 7.83. The van der Waals surface area contributed by atoms with Crippen molar-refractivity contribution in [1.82, 2.24) is 4.31 Å². The predicted molar refractivity (Wildman–Crippen MR) is 57.8 cm³/mol. The smallest absolute Gasteiger partial charge is 0.0968 e. The van der Waals surface area contributed by atoms with E-state index in [2.05, 4.69) is 18.2 Å². The van der Waals surface area contributed by atoms with Gasteiger partial charge in [-0.2, -0.15) is 0 Å². The minimum atomic E-state index is -0.760. The van der Waals surface area contributed by atoms with Gasteiger partial charge < -0.3 is 0 Å². The lowest BCUT2D eigenvalue weighted by Gasteiger charge is -2.34. The third kappa shape index (κ3) is 2.78. The van der Waals surface area contributed by atoms with Crippen LogP contribution in [0.2, 0.25) is 0 Å². The Kier molecular flexibility index (Phi) is 3.92. The molecular weight excluding hydrogens is 182 g/mol. The zero-order chi connectivity index (χ0) is 10.0. The Labute approximate surface area is 84.3 Å². The van der Waals surface area contributed by atoms with E-state index in [1.165, 1.54) is 6.42 Å². The van der Waals surface area contributed by atoms with Gasteiger partial charge in [0, 0.05) is 18.3 Å². The lowest BCUT2D eigenvalue weighted by atomic mass is 9.90. The molecule has 0 amide bonds. The van der Waals surface area contributed by atoms with Crippen LogP contribution in [0.3, 0.4) is 0 Å². The average molecular weight is 203 g/mol. The molecule has 1 saturated heterocycles. The minimum Gasteiger partial charge on any atom is -0.242 e. The molecule has 0 aromatic carbocycles. The van der Waals surface area contributed by atoms with Gasteiger partial charge in [0.1, 0.15) is 0 Å². The highest BCUT2D eigenvalue weighted by Crippen LogP contribution is 2.24. The summed E-state index contributed by atoms with van der Waals surface area (Å²) in [6.07, 6.45) is 1.19. The summed E-state index contributed by atoms with van der Waals surface area (Å²) in [6.45, 7) is 10.6. The Hall–Kier alpha value is 0.110. The van der Waals surface area contributed by atoms with Gasteiger partial charge in [0.25, 0.3) is 0 Å². The minimum absolute atomic E-state index is 0.264. The first-order valence-corrected chi connectivity index (χ1v) is 6.35. The Balaban J connectivity index is 2.50. The molecule has 0 aliphatic carbocycles. The van der Waals surface area contributed by atoms with Crippen molar-refractivity contribution in [1.29, 1.82) is 0 Å². The Morgan fingerprint density at radius 3 is 2.38 bits per heavy atom. The monoisotopic (exact) mass is 203 g/mol. The molecular formula is C10H21NOS. The van der Waals surface area contributed by atoms with Crippen molar-refractivity contribution in [3.05, 3.63) is 0 Å². The van der Waals surface area contributed by atoms with Gasteiger partial charge in [-0.05, 0) is 32.1 Å². The molecule has 0 aromatic heterocycles. The largest absolute Gasteiger partial charge is 0.242 e. The number of nitrogens with zero attached hydrogens (tertiary/aromatic N) is 1. The van der Waals surface area contributed by atoms with E-state index in [0.717, 1.165) is 19.0 Å². The molecule has 13 heavy (non-hydrogen) atoms. The Bertz CT molecular complexity index is 193. The van der Waals surface area contributed by atoms with Crippen LogP contribution in [0, 0.1) is 11.8 Å². The van der Waals surface area contributed by atoms with Crippen LogP contribution in [0.4, 0.5) is 0 Å². The van der Waals surface area contributed by atoms with Crippen LogP contribution in [0.15, 0.2) is 0 Å². The highest BCUT2D eigenvalue weighted by Gasteiger charge is 2.26. The van der Waals surface area contributed by atoms with Gasteiger partial charge in [-0.25, -0.2) is 8.51 Å². The van der Waals surface area contributed by atoms with Gasteiger partial charge in [-0.3, -0.25) is 0 Å². The van der Waals surface area contributed by atoms with E-state index in [9.17, 15) is 4.21 Å². The lowest BCUT2D eigenvalue weighted by Crippen LogP contribution is -2.41. The zero-order valence-electron chi connectivity index (χ0n) is 9.12. The first-order chi connectivity index (χ1) is 6.02. The summed E-state index contributed by atoms with van der Waals surface area (Å²) < 4.78 is 13.9. The number of hydrogen-bond donors (Lipinski definition) is 0. The summed E-state index contributed by atoms with van der Waals surface area (Å²) in [5.74, 6) is 1.48. The molecule has 1 aliphatic heterocycles. The van der Waals surface area contributed by atoms with Crippen LogP contribution < -0.4 is 0 Å². The van der Waals surface area contributed by atoms with Gasteiger partial charge in [-0.1, -0.05) is 13.8 Å². The maximum Gasteiger partial charge on any atom is 0.0968 e. The predicted octanol–water partition coefficient (Wildman–Crippen LogP) is 2.04. The normalized spacial score (nSPS) is 33.6. The molecule has 3 atom stereocenters. The molecule has 1 fully saturated rings. The van der Waals surface area contributed by atoms with Gasteiger partial charge in [-0.15, -0.1) is 0 Å². The quantitative estimate of drug-likeness (QED) is 0.672. The van der Waals surface area contributed by atoms with E-state index in [1.54, 1.807) is 0 Å². The summed E-state index contributed by atoms with van der Waals surface area (Å²) in [5, 5.41) is 0.264. The first-order valence-electron chi connectivity index (χ1n) is 5.18. The van der Waals surface area contributed by atoms with Crippen LogP contribution in [0.25, 0.3) is 0 Å². The van der Waals surface area contributed by atoms with E-state index >= 15 is 0 Å². The topological polar surface area (TPSA) is 20.3 Å². The molecule has 3 heteroatoms. The molecule has 0 aromatic rings. The molecule has 0 radical (unpaired) electrons. The lowest BCUT2D eigenvalue weighted by molar-refractivity contribution is 0.218. The Morgan fingerprint density at radius 1 is 1.31 bits per heavy atom. The van der Waals surface area contributed by atoms with Crippen molar-refractivity contribution in [3.8, 4) is 0 Å². The second-order valence-corrected chi connectivity index (χ2v) is 6.47. The molecule has 2 nitrogen and oxygen atoms in total. The van der Waals surface area contributed by atoms with Crippen molar-refractivity contribution >= 4 is 11.0 Å². The van der Waals surface area contributed by atoms with E-state index in [0.29, 0.717) is 5.92 Å². The first kappa shape index (κ1) is 11.2. The average Bonchev–Trinajstić information content (AvgIpc) is 2.08. The van der Waals surface area contributed by atoms with Crippen LogP contribution in [-0.2, 0) is 11.0 Å². The second kappa shape index (κ2) is 4.56. The fourth-order valence-electron chi connectivity index (χ4n) is 1.69. The molecule has 1 heterocycles. The number of rotatable bonds is 2. The third-order valence-corrected chi connectivity index (χ3v) is 4.60. The van der Waals surface area contributed by atoms with E-state index < -0.39 is 11.0 Å². The van der Waals surface area contributed by atoms with Crippen LogP contribution in [0.5, 0.6) is 0 Å². The molecule has 0 saturated carbocycles. The molecule has 0 N–H and O–H groups in total. The highest BCUT2D eigenvalue weighted by atomic mass is 32.2. The SMILES string of the molecule is CC1CCN(S(=O)C(C)C)CC1C. The van der Waals surface area contributed by atoms with Gasteiger partial charge >= 0.3 is 0 Å². The number of hydrogen-bond acceptors (Lipinski definition) is 1. The van der Waals surface area contributed by atoms with E-state index in [4.69, 9.17) is 0 Å². The van der Waals surface area contributed by atoms with Crippen molar-refractivity contribution in [2.75, 3.05) is 13.1 Å². The Morgan fingerprint density at radius 2 is 1.92 bits per heavy atom. The van der Waals surface area contributed by atoms with E-state index in [-0.39, 0.29) is 5.25 Å². The van der Waals surface area contributed by atoms with E-state index in [1.807, 2.05) is 13.8 Å². The third-order valence-electron chi connectivity index (χ3n) is 2.95. The summed E-state index contributed by atoms with van der Waals surface area (Å²) in [5.41, 5.74) is 0. The van der Waals surface area contributed by atoms with Crippen molar-refractivity contribution in [2.45, 2.75) is 39.4 Å². The van der Waals surface area contributed by atoms with Crippen LogP contribution in [0.1, 0.15) is 34.1 Å². The van der Waals surface area contributed by atoms with Crippen molar-refractivity contribution in [2.24, 2.45) is 11.8 Å². The molecule has 1 aliphatic rings. The molecule has 1 rings (SSSR count). The summed E-state index contributed by atoms with van der Waals surface area (Å²) in [7, 11) is -0.760. The van der Waals surface area contributed by atoms with Crippen molar-refractivity contribution < 1.29 is 4.21 Å². The molecule has 78 valence electrons. The summed E-state index contributed by atoms with van der Waals surface area (Å²) in [6, 6.07) is 0. The second-order valence-electron chi connectivity index (χ2n) is 4.46. The molecule has 0 spiro atoms. The van der Waals surface area contributed by atoms with Crippen molar-refractivity contribution in [3.63, 3.8) is 0 Å². The zero-order valence-corrected chi connectivity index (χ0v) is 9.93. The molecule has 3 unspecified atom stereocenters. The fraction of sp³-hybridized carbons (Fsp3) is 1.00. The standard InChI is InChI=1S/C10H21NOS/c1-8(2)13(12)11-6-5-9(3)10(4)7-11/h8-10H,5-7H2,1-4H3. The summed E-state index contributed by atoms with van der Waals surface area (Å²) in [4.78, 5) is 0. The molecule has 0 bridgehead atoms. The maximum atomic E-state index is 11.8. The fourth-order valence-corrected chi connectivity index (χ4v) is 2.95. The summed E-state index contributed by atoms with van der Waals surface area (Å²) >= 11 is 0. The van der Waals surface area contributed by atoms with Crippen LogP contribution >= 0.6 is 0 Å². The maximum absolute atomic E-state index is 11.8. The van der Waals surface area contributed by atoms with Gasteiger partial charge in [0.05, 0.1) is 11.0 Å². The van der Waals surface area contributed by atoms with Crippen LogP contribution in [-0.4, -0.2) is 26.9 Å².